The molecule has 6 heteroatoms. The van der Waals surface area contributed by atoms with Crippen molar-refractivity contribution in [3.05, 3.63) is 33.1 Å². The lowest BCUT2D eigenvalue weighted by molar-refractivity contribution is 0.115. The number of aliphatic hydroxyl groups excluding tert-OH is 2. The van der Waals surface area contributed by atoms with Crippen LogP contribution in [-0.2, 0) is 6.54 Å². The number of hydrogen-bond acceptors (Lipinski definition) is 4. The van der Waals surface area contributed by atoms with Gasteiger partial charge in [0.1, 0.15) is 0 Å². The van der Waals surface area contributed by atoms with Gasteiger partial charge in [-0.05, 0) is 6.42 Å². The molecule has 0 amide bonds. The fourth-order valence-corrected chi connectivity index (χ4v) is 1.06. The van der Waals surface area contributed by atoms with Crippen LogP contribution in [0, 0.1) is 0 Å². The quantitative estimate of drug-likeness (QED) is 0.538. The van der Waals surface area contributed by atoms with Crippen LogP contribution in [0.25, 0.3) is 0 Å². The molecule has 0 aliphatic rings. The zero-order valence-corrected chi connectivity index (χ0v) is 7.51. The van der Waals surface area contributed by atoms with Crippen molar-refractivity contribution in [2.75, 3.05) is 6.61 Å². The van der Waals surface area contributed by atoms with Gasteiger partial charge in [0, 0.05) is 18.9 Å². The fourth-order valence-electron chi connectivity index (χ4n) is 1.06. The van der Waals surface area contributed by atoms with Gasteiger partial charge in [-0.2, -0.15) is 0 Å². The standard InChI is InChI=1S/C8H12N2O4/c11-4-2-6(12)5-10-3-1-7(13)9-8(10)14/h1,3,6,11-12H,2,4-5H2,(H,9,13,14). The van der Waals surface area contributed by atoms with E-state index in [-0.39, 0.29) is 19.6 Å². The molecule has 0 bridgehead atoms. The highest BCUT2D eigenvalue weighted by Crippen LogP contribution is 1.92. The molecule has 0 aromatic carbocycles. The molecule has 0 spiro atoms. The Hall–Kier alpha value is -1.40. The molecule has 1 aromatic heterocycles. The summed E-state index contributed by atoms with van der Waals surface area (Å²) in [5.74, 6) is 0. The van der Waals surface area contributed by atoms with Crippen LogP contribution in [0.2, 0.25) is 0 Å². The maximum absolute atomic E-state index is 11.1. The summed E-state index contributed by atoms with van der Waals surface area (Å²) in [4.78, 5) is 23.9. The van der Waals surface area contributed by atoms with Crippen molar-refractivity contribution in [2.45, 2.75) is 19.1 Å². The summed E-state index contributed by atoms with van der Waals surface area (Å²) >= 11 is 0. The van der Waals surface area contributed by atoms with E-state index in [9.17, 15) is 14.7 Å². The van der Waals surface area contributed by atoms with Gasteiger partial charge in [0.25, 0.3) is 5.56 Å². The van der Waals surface area contributed by atoms with E-state index in [1.165, 1.54) is 16.8 Å². The molecule has 1 rings (SSSR count). The summed E-state index contributed by atoms with van der Waals surface area (Å²) < 4.78 is 1.18. The Bertz CT molecular complexity index is 395. The average Bonchev–Trinajstić information content (AvgIpc) is 2.10. The summed E-state index contributed by atoms with van der Waals surface area (Å²) in [5.41, 5.74) is -1.03. The number of nitrogens with zero attached hydrogens (tertiary/aromatic N) is 1. The molecule has 0 aliphatic heterocycles. The van der Waals surface area contributed by atoms with E-state index >= 15 is 0 Å². The molecule has 6 nitrogen and oxygen atoms in total. The van der Waals surface area contributed by atoms with Crippen LogP contribution in [0.3, 0.4) is 0 Å². The lowest BCUT2D eigenvalue weighted by Gasteiger charge is -2.09. The number of nitrogens with one attached hydrogen (secondary N) is 1. The number of rotatable bonds is 4. The first kappa shape index (κ1) is 10.7. The first-order valence-corrected chi connectivity index (χ1v) is 4.22. The largest absolute Gasteiger partial charge is 0.396 e. The molecule has 0 radical (unpaired) electrons. The van der Waals surface area contributed by atoms with E-state index < -0.39 is 17.4 Å². The second kappa shape index (κ2) is 4.73. The normalized spacial score (nSPS) is 12.7. The van der Waals surface area contributed by atoms with Gasteiger partial charge in [-0.25, -0.2) is 4.79 Å². The van der Waals surface area contributed by atoms with Crippen molar-refractivity contribution in [2.24, 2.45) is 0 Å². The van der Waals surface area contributed by atoms with Crippen molar-refractivity contribution < 1.29 is 10.2 Å². The average molecular weight is 200 g/mol. The Labute approximate surface area is 79.5 Å². The number of H-pyrrole nitrogens is 1. The van der Waals surface area contributed by atoms with Crippen molar-refractivity contribution in [3.63, 3.8) is 0 Å². The van der Waals surface area contributed by atoms with Gasteiger partial charge in [-0.1, -0.05) is 0 Å². The minimum atomic E-state index is -0.788. The summed E-state index contributed by atoms with van der Waals surface area (Å²) in [7, 11) is 0. The van der Waals surface area contributed by atoms with Crippen LogP contribution in [0.15, 0.2) is 21.9 Å². The van der Waals surface area contributed by atoms with Crippen LogP contribution in [0.5, 0.6) is 0 Å². The SMILES string of the molecule is O=c1ccn(CC(O)CCO)c(=O)[nH]1. The Kier molecular flexibility index (Phi) is 3.61. The van der Waals surface area contributed by atoms with E-state index in [1.54, 1.807) is 0 Å². The predicted octanol–water partition coefficient (Wildman–Crippen LogP) is -1.72. The molecule has 0 saturated heterocycles. The molecule has 1 heterocycles. The first-order chi connectivity index (χ1) is 6.63. The Morgan fingerprint density at radius 3 is 2.79 bits per heavy atom. The van der Waals surface area contributed by atoms with Crippen LogP contribution in [0.1, 0.15) is 6.42 Å². The second-order valence-electron chi connectivity index (χ2n) is 2.93. The van der Waals surface area contributed by atoms with Gasteiger partial charge >= 0.3 is 5.69 Å². The van der Waals surface area contributed by atoms with Gasteiger partial charge in [-0.15, -0.1) is 0 Å². The van der Waals surface area contributed by atoms with E-state index in [1.807, 2.05) is 0 Å². The highest BCUT2D eigenvalue weighted by atomic mass is 16.3. The highest BCUT2D eigenvalue weighted by molar-refractivity contribution is 4.83. The van der Waals surface area contributed by atoms with E-state index in [2.05, 4.69) is 4.98 Å². The van der Waals surface area contributed by atoms with Crippen LogP contribution in [-0.4, -0.2) is 32.5 Å². The van der Waals surface area contributed by atoms with Crippen LogP contribution in [0.4, 0.5) is 0 Å². The third-order valence-electron chi connectivity index (χ3n) is 1.77. The number of aromatic amines is 1. The van der Waals surface area contributed by atoms with Crippen molar-refractivity contribution in [1.29, 1.82) is 0 Å². The third-order valence-corrected chi connectivity index (χ3v) is 1.77. The molecule has 14 heavy (non-hydrogen) atoms. The predicted molar refractivity (Wildman–Crippen MR) is 49.0 cm³/mol. The topological polar surface area (TPSA) is 95.3 Å². The van der Waals surface area contributed by atoms with E-state index in [0.29, 0.717) is 0 Å². The monoisotopic (exact) mass is 200 g/mol. The highest BCUT2D eigenvalue weighted by Gasteiger charge is 2.05. The third kappa shape index (κ3) is 2.82. The maximum atomic E-state index is 11.1. The maximum Gasteiger partial charge on any atom is 0.328 e. The summed E-state index contributed by atoms with van der Waals surface area (Å²) in [6, 6.07) is 1.20. The zero-order valence-electron chi connectivity index (χ0n) is 7.51. The van der Waals surface area contributed by atoms with Crippen molar-refractivity contribution >= 4 is 0 Å². The van der Waals surface area contributed by atoms with Crippen molar-refractivity contribution in [3.8, 4) is 0 Å². The fraction of sp³-hybridized carbons (Fsp3) is 0.500. The van der Waals surface area contributed by atoms with Gasteiger partial charge in [0.15, 0.2) is 0 Å². The number of aromatic nitrogens is 2. The Balaban J connectivity index is 2.77. The molecule has 0 fully saturated rings. The summed E-state index contributed by atoms with van der Waals surface area (Å²) in [5, 5.41) is 17.8. The second-order valence-corrected chi connectivity index (χ2v) is 2.93. The molecule has 0 saturated carbocycles. The number of hydrogen-bond donors (Lipinski definition) is 3. The summed E-state index contributed by atoms with van der Waals surface area (Å²) in [6.07, 6.45) is 0.719. The Morgan fingerprint density at radius 1 is 1.50 bits per heavy atom. The molecule has 0 aliphatic carbocycles. The molecule has 3 N–H and O–H groups in total. The van der Waals surface area contributed by atoms with Crippen molar-refractivity contribution in [1.82, 2.24) is 9.55 Å². The van der Waals surface area contributed by atoms with Crippen LogP contribution >= 0.6 is 0 Å². The van der Waals surface area contributed by atoms with Gasteiger partial charge < -0.3 is 10.2 Å². The van der Waals surface area contributed by atoms with Gasteiger partial charge in [0.2, 0.25) is 0 Å². The van der Waals surface area contributed by atoms with Crippen LogP contribution < -0.4 is 11.2 Å². The Morgan fingerprint density at radius 2 is 2.21 bits per heavy atom. The minimum absolute atomic E-state index is 0.0656. The van der Waals surface area contributed by atoms with Gasteiger partial charge in [-0.3, -0.25) is 14.3 Å². The molecule has 1 aromatic rings. The lowest BCUT2D eigenvalue weighted by atomic mass is 10.2. The molecular weight excluding hydrogens is 188 g/mol. The lowest BCUT2D eigenvalue weighted by Crippen LogP contribution is -2.32. The van der Waals surface area contributed by atoms with E-state index in [4.69, 9.17) is 5.11 Å². The number of aliphatic hydroxyl groups is 2. The molecule has 1 atom stereocenters. The minimum Gasteiger partial charge on any atom is -0.396 e. The zero-order chi connectivity index (χ0) is 10.6. The molecule has 78 valence electrons. The smallest absolute Gasteiger partial charge is 0.328 e. The summed E-state index contributed by atoms with van der Waals surface area (Å²) in [6.45, 7) is -0.0740. The van der Waals surface area contributed by atoms with Gasteiger partial charge in [0.05, 0.1) is 12.6 Å². The molecular formula is C8H12N2O4. The molecule has 1 unspecified atom stereocenters. The first-order valence-electron chi connectivity index (χ1n) is 4.22. The van der Waals surface area contributed by atoms with E-state index in [0.717, 1.165) is 0 Å².